The van der Waals surface area contributed by atoms with Crippen LogP contribution in [-0.4, -0.2) is 5.91 Å². The van der Waals surface area contributed by atoms with Crippen molar-refractivity contribution in [2.24, 2.45) is 5.73 Å². The van der Waals surface area contributed by atoms with Gasteiger partial charge in [-0.05, 0) is 30.7 Å². The van der Waals surface area contributed by atoms with Crippen molar-refractivity contribution in [2.45, 2.75) is 19.5 Å². The summed E-state index contributed by atoms with van der Waals surface area (Å²) >= 11 is 0. The van der Waals surface area contributed by atoms with Crippen LogP contribution in [0.15, 0.2) is 42.5 Å². The van der Waals surface area contributed by atoms with E-state index in [1.54, 1.807) is 31.2 Å². The molecule has 1 amide bonds. The van der Waals surface area contributed by atoms with Crippen molar-refractivity contribution in [1.82, 2.24) is 5.32 Å². The predicted molar refractivity (Wildman–Crippen MR) is 76.6 cm³/mol. The molecule has 0 aliphatic heterocycles. The minimum Gasteiger partial charge on any atom is -0.366 e. The molecule has 21 heavy (non-hydrogen) atoms. The summed E-state index contributed by atoms with van der Waals surface area (Å²) in [6, 6.07) is 10.1. The Kier molecular flexibility index (Phi) is 4.65. The molecule has 0 saturated heterocycles. The van der Waals surface area contributed by atoms with Crippen molar-refractivity contribution in [2.75, 3.05) is 0 Å². The first kappa shape index (κ1) is 15.1. The van der Waals surface area contributed by atoms with E-state index < -0.39 is 17.5 Å². The minimum atomic E-state index is -0.592. The molecule has 0 aliphatic rings. The molecule has 0 bridgehead atoms. The quantitative estimate of drug-likeness (QED) is 0.889. The lowest BCUT2D eigenvalue weighted by Crippen LogP contribution is -2.19. The van der Waals surface area contributed by atoms with Gasteiger partial charge in [-0.25, -0.2) is 8.78 Å². The van der Waals surface area contributed by atoms with E-state index in [0.717, 1.165) is 11.6 Å². The third-order valence-electron chi connectivity index (χ3n) is 3.28. The Morgan fingerprint density at radius 1 is 1.19 bits per heavy atom. The van der Waals surface area contributed by atoms with E-state index in [4.69, 9.17) is 5.73 Å². The Labute approximate surface area is 121 Å². The van der Waals surface area contributed by atoms with E-state index in [1.807, 2.05) is 0 Å². The molecule has 0 saturated carbocycles. The van der Waals surface area contributed by atoms with E-state index in [1.165, 1.54) is 12.1 Å². The van der Waals surface area contributed by atoms with Gasteiger partial charge in [-0.3, -0.25) is 4.79 Å². The smallest absolute Gasteiger partial charge is 0.248 e. The van der Waals surface area contributed by atoms with Gasteiger partial charge in [0.25, 0.3) is 0 Å². The maximum absolute atomic E-state index is 13.6. The summed E-state index contributed by atoms with van der Waals surface area (Å²) in [4.78, 5) is 11.0. The van der Waals surface area contributed by atoms with Gasteiger partial charge in [-0.2, -0.15) is 0 Å². The minimum absolute atomic E-state index is 0.263. The van der Waals surface area contributed by atoms with Crippen LogP contribution in [0.2, 0.25) is 0 Å². The number of nitrogens with one attached hydrogen (secondary N) is 1. The van der Waals surface area contributed by atoms with Gasteiger partial charge in [0.15, 0.2) is 0 Å². The monoisotopic (exact) mass is 290 g/mol. The highest BCUT2D eigenvalue weighted by atomic mass is 19.1. The molecule has 1 unspecified atom stereocenters. The summed E-state index contributed by atoms with van der Waals surface area (Å²) in [5.74, 6) is -1.64. The van der Waals surface area contributed by atoms with Crippen molar-refractivity contribution < 1.29 is 13.6 Å². The van der Waals surface area contributed by atoms with Gasteiger partial charge in [-0.1, -0.05) is 18.2 Å². The molecule has 2 aromatic rings. The predicted octanol–water partition coefficient (Wildman–Crippen LogP) is 2.91. The Balaban J connectivity index is 2.00. The van der Waals surface area contributed by atoms with Crippen molar-refractivity contribution in [3.63, 3.8) is 0 Å². The van der Waals surface area contributed by atoms with Gasteiger partial charge < -0.3 is 11.1 Å². The zero-order valence-corrected chi connectivity index (χ0v) is 11.6. The summed E-state index contributed by atoms with van der Waals surface area (Å²) < 4.78 is 26.5. The van der Waals surface area contributed by atoms with E-state index in [0.29, 0.717) is 17.7 Å². The number of carbonyl (C=O) groups excluding carboxylic acids is 1. The number of benzene rings is 2. The number of rotatable bonds is 5. The molecule has 5 heteroatoms. The van der Waals surface area contributed by atoms with E-state index >= 15 is 0 Å². The Morgan fingerprint density at radius 2 is 1.86 bits per heavy atom. The number of hydrogen-bond donors (Lipinski definition) is 2. The summed E-state index contributed by atoms with van der Waals surface area (Å²) in [6.45, 7) is 2.30. The normalized spacial score (nSPS) is 12.1. The lowest BCUT2D eigenvalue weighted by molar-refractivity contribution is 0.100. The SMILES string of the molecule is CC(NCc1ccc(C(N)=O)cc1)c1ccc(F)cc1F. The molecular formula is C16H16F2N2O. The lowest BCUT2D eigenvalue weighted by atomic mass is 10.1. The average Bonchev–Trinajstić information content (AvgIpc) is 2.45. The molecule has 3 N–H and O–H groups in total. The highest BCUT2D eigenvalue weighted by Crippen LogP contribution is 2.18. The second kappa shape index (κ2) is 6.45. The molecule has 0 aromatic heterocycles. The Morgan fingerprint density at radius 3 is 2.43 bits per heavy atom. The van der Waals surface area contributed by atoms with Gasteiger partial charge >= 0.3 is 0 Å². The van der Waals surface area contributed by atoms with Crippen LogP contribution >= 0.6 is 0 Å². The van der Waals surface area contributed by atoms with E-state index in [-0.39, 0.29) is 6.04 Å². The van der Waals surface area contributed by atoms with Crippen molar-refractivity contribution >= 4 is 5.91 Å². The fraction of sp³-hybridized carbons (Fsp3) is 0.188. The molecule has 3 nitrogen and oxygen atoms in total. The topological polar surface area (TPSA) is 55.1 Å². The van der Waals surface area contributed by atoms with Crippen LogP contribution in [0.5, 0.6) is 0 Å². The largest absolute Gasteiger partial charge is 0.366 e. The number of carbonyl (C=O) groups is 1. The number of halogens is 2. The van der Waals surface area contributed by atoms with Crippen LogP contribution in [0.1, 0.15) is 34.5 Å². The molecule has 110 valence electrons. The van der Waals surface area contributed by atoms with Crippen molar-refractivity contribution in [3.05, 3.63) is 70.8 Å². The van der Waals surface area contributed by atoms with Crippen LogP contribution in [-0.2, 0) is 6.54 Å². The number of hydrogen-bond acceptors (Lipinski definition) is 2. The van der Waals surface area contributed by atoms with E-state index in [9.17, 15) is 13.6 Å². The molecule has 2 rings (SSSR count). The van der Waals surface area contributed by atoms with Gasteiger partial charge in [0.1, 0.15) is 11.6 Å². The summed E-state index contributed by atoms with van der Waals surface area (Å²) in [7, 11) is 0. The number of nitrogens with two attached hydrogens (primary N) is 1. The summed E-state index contributed by atoms with van der Waals surface area (Å²) in [5, 5.41) is 3.15. The molecule has 0 aliphatic carbocycles. The number of amides is 1. The van der Waals surface area contributed by atoms with Gasteiger partial charge in [0.05, 0.1) is 0 Å². The molecule has 1 atom stereocenters. The zero-order chi connectivity index (χ0) is 15.4. The standard InChI is InChI=1S/C16H16F2N2O/c1-10(14-7-6-13(17)8-15(14)18)20-9-11-2-4-12(5-3-11)16(19)21/h2-8,10,20H,9H2,1H3,(H2,19,21). The average molecular weight is 290 g/mol. The lowest BCUT2D eigenvalue weighted by Gasteiger charge is -2.15. The van der Waals surface area contributed by atoms with Crippen molar-refractivity contribution in [1.29, 1.82) is 0 Å². The van der Waals surface area contributed by atoms with Gasteiger partial charge in [-0.15, -0.1) is 0 Å². The Bertz CT molecular complexity index is 641. The van der Waals surface area contributed by atoms with Crippen LogP contribution in [0.4, 0.5) is 8.78 Å². The maximum Gasteiger partial charge on any atom is 0.248 e. The molecule has 0 fully saturated rings. The summed E-state index contributed by atoms with van der Waals surface area (Å²) in [6.07, 6.45) is 0. The van der Waals surface area contributed by atoms with Gasteiger partial charge in [0, 0.05) is 29.8 Å². The molecule has 0 heterocycles. The molecule has 0 spiro atoms. The molecule has 2 aromatic carbocycles. The second-order valence-corrected chi connectivity index (χ2v) is 4.83. The first-order valence-corrected chi connectivity index (χ1v) is 6.54. The molecule has 0 radical (unpaired) electrons. The van der Waals surface area contributed by atoms with Crippen LogP contribution in [0.3, 0.4) is 0 Å². The summed E-state index contributed by atoms with van der Waals surface area (Å²) in [5.41, 5.74) is 6.95. The van der Waals surface area contributed by atoms with Crippen molar-refractivity contribution in [3.8, 4) is 0 Å². The molecular weight excluding hydrogens is 274 g/mol. The zero-order valence-electron chi connectivity index (χ0n) is 11.6. The fourth-order valence-electron chi connectivity index (χ4n) is 2.02. The Hall–Kier alpha value is -2.27. The maximum atomic E-state index is 13.6. The van der Waals surface area contributed by atoms with Crippen LogP contribution < -0.4 is 11.1 Å². The number of primary amides is 1. The first-order valence-electron chi connectivity index (χ1n) is 6.54. The van der Waals surface area contributed by atoms with E-state index in [2.05, 4.69) is 5.32 Å². The van der Waals surface area contributed by atoms with Gasteiger partial charge in [0.2, 0.25) is 5.91 Å². The highest BCUT2D eigenvalue weighted by molar-refractivity contribution is 5.92. The third-order valence-corrected chi connectivity index (χ3v) is 3.28. The van der Waals surface area contributed by atoms with Crippen LogP contribution in [0.25, 0.3) is 0 Å². The fourth-order valence-corrected chi connectivity index (χ4v) is 2.02. The highest BCUT2D eigenvalue weighted by Gasteiger charge is 2.11. The first-order chi connectivity index (χ1) is 9.97. The second-order valence-electron chi connectivity index (χ2n) is 4.83. The van der Waals surface area contributed by atoms with Crippen LogP contribution in [0, 0.1) is 11.6 Å². The third kappa shape index (κ3) is 3.86.